The summed E-state index contributed by atoms with van der Waals surface area (Å²) in [6.45, 7) is 0.500. The average Bonchev–Trinajstić information content (AvgIpc) is 2.84. The quantitative estimate of drug-likeness (QED) is 0.740. The van der Waals surface area contributed by atoms with Crippen LogP contribution in [-0.4, -0.2) is 10.1 Å². The zero-order valence-corrected chi connectivity index (χ0v) is 10.4. The summed E-state index contributed by atoms with van der Waals surface area (Å²) in [5.74, 6) is 0.313. The summed E-state index contributed by atoms with van der Waals surface area (Å²) in [6.07, 6.45) is 1.79. The van der Waals surface area contributed by atoms with E-state index >= 15 is 0 Å². The summed E-state index contributed by atoms with van der Waals surface area (Å²) in [5, 5.41) is 10.7. The number of aromatic nitrogens is 1. The van der Waals surface area contributed by atoms with Crippen LogP contribution >= 0.6 is 11.3 Å². The molecule has 0 saturated carbocycles. The van der Waals surface area contributed by atoms with Gasteiger partial charge >= 0.3 is 0 Å². The van der Waals surface area contributed by atoms with E-state index in [-0.39, 0.29) is 0 Å². The van der Waals surface area contributed by atoms with Gasteiger partial charge in [-0.3, -0.25) is 4.98 Å². The second kappa shape index (κ2) is 4.40. The van der Waals surface area contributed by atoms with Crippen molar-refractivity contribution in [1.29, 1.82) is 0 Å². The van der Waals surface area contributed by atoms with Gasteiger partial charge < -0.3 is 10.8 Å². The minimum Gasteiger partial charge on any atom is -0.507 e. The minimum absolute atomic E-state index is 0.313. The van der Waals surface area contributed by atoms with Crippen LogP contribution < -0.4 is 5.73 Å². The lowest BCUT2D eigenvalue weighted by Crippen LogP contribution is -1.96. The molecule has 0 bridgehead atoms. The van der Waals surface area contributed by atoms with E-state index in [4.69, 9.17) is 5.73 Å². The molecule has 0 aliphatic carbocycles. The Bertz CT molecular complexity index is 689. The van der Waals surface area contributed by atoms with Crippen molar-refractivity contribution in [1.82, 2.24) is 4.98 Å². The minimum atomic E-state index is 0.313. The standard InChI is InChI=1S/C14H12N2OS/c15-7-9-4-5-11(16-8-9)14-6-10-12(17)2-1-3-13(10)18-14/h1-6,8,17H,7,15H2. The van der Waals surface area contributed by atoms with Crippen LogP contribution in [0.3, 0.4) is 0 Å². The van der Waals surface area contributed by atoms with E-state index < -0.39 is 0 Å². The van der Waals surface area contributed by atoms with Gasteiger partial charge in [-0.05, 0) is 29.8 Å². The Morgan fingerprint density at radius 1 is 1.22 bits per heavy atom. The Labute approximate surface area is 109 Å². The molecule has 4 heteroatoms. The molecule has 3 aromatic rings. The van der Waals surface area contributed by atoms with Gasteiger partial charge in [0, 0.05) is 22.8 Å². The summed E-state index contributed by atoms with van der Waals surface area (Å²) in [5.41, 5.74) is 7.48. The molecule has 0 aliphatic heterocycles. The van der Waals surface area contributed by atoms with Gasteiger partial charge in [0.05, 0.1) is 10.6 Å². The lowest BCUT2D eigenvalue weighted by atomic mass is 10.2. The van der Waals surface area contributed by atoms with E-state index in [2.05, 4.69) is 4.98 Å². The Hall–Kier alpha value is -1.91. The predicted molar refractivity (Wildman–Crippen MR) is 74.6 cm³/mol. The molecular formula is C14H12N2OS. The fourth-order valence-corrected chi connectivity index (χ4v) is 2.92. The number of nitrogens with two attached hydrogens (primary N) is 1. The monoisotopic (exact) mass is 256 g/mol. The van der Waals surface area contributed by atoms with Gasteiger partial charge in [0.25, 0.3) is 0 Å². The van der Waals surface area contributed by atoms with Crippen molar-refractivity contribution in [3.8, 4) is 16.3 Å². The van der Waals surface area contributed by atoms with E-state index in [1.807, 2.05) is 30.3 Å². The lowest BCUT2D eigenvalue weighted by Gasteiger charge is -1.98. The first-order valence-electron chi connectivity index (χ1n) is 5.65. The van der Waals surface area contributed by atoms with Crippen LogP contribution in [0.5, 0.6) is 5.75 Å². The molecule has 0 atom stereocenters. The molecule has 0 spiro atoms. The second-order valence-corrected chi connectivity index (χ2v) is 5.14. The highest BCUT2D eigenvalue weighted by Gasteiger charge is 2.07. The van der Waals surface area contributed by atoms with Gasteiger partial charge in [0.2, 0.25) is 0 Å². The van der Waals surface area contributed by atoms with Gasteiger partial charge in [0.15, 0.2) is 0 Å². The number of nitrogens with zero attached hydrogens (tertiary/aromatic N) is 1. The predicted octanol–water partition coefficient (Wildman–Crippen LogP) is 3.13. The van der Waals surface area contributed by atoms with Crippen molar-refractivity contribution >= 4 is 21.4 Å². The first-order valence-corrected chi connectivity index (χ1v) is 6.46. The Balaban J connectivity index is 2.10. The van der Waals surface area contributed by atoms with Crippen LogP contribution in [0, 0.1) is 0 Å². The smallest absolute Gasteiger partial charge is 0.124 e. The molecule has 0 radical (unpaired) electrons. The maximum atomic E-state index is 9.78. The van der Waals surface area contributed by atoms with Crippen molar-refractivity contribution in [2.75, 3.05) is 0 Å². The third-order valence-electron chi connectivity index (χ3n) is 2.85. The lowest BCUT2D eigenvalue weighted by molar-refractivity contribution is 0.482. The Morgan fingerprint density at radius 3 is 2.78 bits per heavy atom. The van der Waals surface area contributed by atoms with Crippen LogP contribution in [0.2, 0.25) is 0 Å². The van der Waals surface area contributed by atoms with Gasteiger partial charge in [-0.2, -0.15) is 0 Å². The molecule has 0 amide bonds. The normalized spacial score (nSPS) is 10.9. The summed E-state index contributed by atoms with van der Waals surface area (Å²) in [4.78, 5) is 5.44. The molecule has 1 aromatic carbocycles. The molecule has 0 unspecified atom stereocenters. The van der Waals surface area contributed by atoms with E-state index in [1.54, 1.807) is 23.6 Å². The topological polar surface area (TPSA) is 59.1 Å². The van der Waals surface area contributed by atoms with Crippen LogP contribution in [0.25, 0.3) is 20.7 Å². The number of hydrogen-bond donors (Lipinski definition) is 2. The molecule has 3 nitrogen and oxygen atoms in total. The molecule has 3 N–H and O–H groups in total. The SMILES string of the molecule is NCc1ccc(-c2cc3c(O)cccc3s2)nc1. The molecular weight excluding hydrogens is 244 g/mol. The maximum Gasteiger partial charge on any atom is 0.124 e. The average molecular weight is 256 g/mol. The highest BCUT2D eigenvalue weighted by atomic mass is 32.1. The van der Waals surface area contributed by atoms with Crippen LogP contribution in [-0.2, 0) is 6.54 Å². The summed E-state index contributed by atoms with van der Waals surface area (Å²) in [6, 6.07) is 11.5. The number of hydrogen-bond acceptors (Lipinski definition) is 4. The third-order valence-corrected chi connectivity index (χ3v) is 3.97. The van der Waals surface area contributed by atoms with E-state index in [9.17, 15) is 5.11 Å². The fourth-order valence-electron chi connectivity index (χ4n) is 1.86. The number of aromatic hydroxyl groups is 1. The molecule has 18 heavy (non-hydrogen) atoms. The van der Waals surface area contributed by atoms with Crippen molar-refractivity contribution in [3.63, 3.8) is 0 Å². The first-order chi connectivity index (χ1) is 8.78. The van der Waals surface area contributed by atoms with Gasteiger partial charge in [-0.15, -0.1) is 11.3 Å². The van der Waals surface area contributed by atoms with Crippen molar-refractivity contribution in [2.24, 2.45) is 5.73 Å². The van der Waals surface area contributed by atoms with Crippen molar-refractivity contribution < 1.29 is 5.11 Å². The third kappa shape index (κ3) is 1.85. The molecule has 90 valence electrons. The van der Waals surface area contributed by atoms with Crippen molar-refractivity contribution in [2.45, 2.75) is 6.54 Å². The highest BCUT2D eigenvalue weighted by molar-refractivity contribution is 7.22. The number of phenolic OH excluding ortho intramolecular Hbond substituents is 1. The number of thiophene rings is 1. The fraction of sp³-hybridized carbons (Fsp3) is 0.0714. The number of benzene rings is 1. The Kier molecular flexibility index (Phi) is 2.74. The second-order valence-electron chi connectivity index (χ2n) is 4.06. The van der Waals surface area contributed by atoms with E-state index in [0.29, 0.717) is 12.3 Å². The number of phenols is 1. The van der Waals surface area contributed by atoms with Crippen molar-refractivity contribution in [3.05, 3.63) is 48.2 Å². The van der Waals surface area contributed by atoms with E-state index in [0.717, 1.165) is 26.2 Å². The molecule has 2 heterocycles. The van der Waals surface area contributed by atoms with Gasteiger partial charge in [-0.1, -0.05) is 12.1 Å². The van der Waals surface area contributed by atoms with Crippen LogP contribution in [0.15, 0.2) is 42.6 Å². The molecule has 0 fully saturated rings. The van der Waals surface area contributed by atoms with Gasteiger partial charge in [-0.25, -0.2) is 0 Å². The number of pyridine rings is 1. The molecule has 0 aliphatic rings. The molecule has 2 aromatic heterocycles. The largest absolute Gasteiger partial charge is 0.507 e. The molecule has 0 saturated heterocycles. The first kappa shape index (κ1) is 11.2. The van der Waals surface area contributed by atoms with E-state index in [1.165, 1.54) is 0 Å². The summed E-state index contributed by atoms with van der Waals surface area (Å²) >= 11 is 1.62. The number of rotatable bonds is 2. The highest BCUT2D eigenvalue weighted by Crippen LogP contribution is 2.36. The van der Waals surface area contributed by atoms with Gasteiger partial charge in [0.1, 0.15) is 5.75 Å². The zero-order valence-electron chi connectivity index (χ0n) is 9.63. The maximum absolute atomic E-state index is 9.78. The van der Waals surface area contributed by atoms with Crippen LogP contribution in [0.1, 0.15) is 5.56 Å². The Morgan fingerprint density at radius 2 is 2.11 bits per heavy atom. The number of fused-ring (bicyclic) bond motifs is 1. The van der Waals surface area contributed by atoms with Crippen LogP contribution in [0.4, 0.5) is 0 Å². The molecule has 3 rings (SSSR count). The summed E-state index contributed by atoms with van der Waals surface area (Å²) < 4.78 is 1.06. The summed E-state index contributed by atoms with van der Waals surface area (Å²) in [7, 11) is 0. The zero-order chi connectivity index (χ0) is 12.5.